The molecule has 0 N–H and O–H groups in total. The van der Waals surface area contributed by atoms with E-state index >= 15 is 0 Å². The molecule has 6 heteroatoms. The van der Waals surface area contributed by atoms with Crippen LogP contribution in [-0.4, -0.2) is 23.5 Å². The number of rotatable bonds is 3. The zero-order valence-corrected chi connectivity index (χ0v) is 14.0. The highest BCUT2D eigenvalue weighted by Gasteiger charge is 2.37. The number of benzene rings is 2. The summed E-state index contributed by atoms with van der Waals surface area (Å²) in [5.74, 6) is -0.447. The molecule has 0 aromatic heterocycles. The molecular weight excluding hydrogens is 349 g/mol. The van der Waals surface area contributed by atoms with E-state index in [1.54, 1.807) is 24.3 Å². The largest absolute Gasteiger partial charge is 0.446 e. The van der Waals surface area contributed by atoms with E-state index in [1.165, 1.54) is 6.08 Å². The van der Waals surface area contributed by atoms with Crippen LogP contribution >= 0.6 is 23.2 Å². The van der Waals surface area contributed by atoms with Crippen molar-refractivity contribution in [3.63, 3.8) is 0 Å². The Morgan fingerprint density at radius 1 is 1.12 bits per heavy atom. The summed E-state index contributed by atoms with van der Waals surface area (Å²) in [5, 5.41) is 0.835. The molecule has 1 heterocycles. The van der Waals surface area contributed by atoms with Crippen molar-refractivity contribution in [3.8, 4) is 0 Å². The number of ether oxygens (including phenoxy) is 1. The Kier molecular flexibility index (Phi) is 4.88. The van der Waals surface area contributed by atoms with Crippen LogP contribution in [0.1, 0.15) is 17.2 Å². The predicted octanol–water partition coefficient (Wildman–Crippen LogP) is 4.73. The van der Waals surface area contributed by atoms with Crippen molar-refractivity contribution < 1.29 is 14.3 Å². The van der Waals surface area contributed by atoms with Gasteiger partial charge in [0, 0.05) is 6.08 Å². The van der Waals surface area contributed by atoms with Crippen LogP contribution in [0.25, 0.3) is 6.08 Å². The number of nitrogens with zero attached hydrogens (tertiary/aromatic N) is 1. The molecule has 0 spiro atoms. The zero-order chi connectivity index (χ0) is 17.1. The van der Waals surface area contributed by atoms with Gasteiger partial charge in [0.15, 0.2) is 0 Å². The first-order chi connectivity index (χ1) is 11.6. The van der Waals surface area contributed by atoms with Crippen molar-refractivity contribution in [2.45, 2.75) is 6.04 Å². The maximum absolute atomic E-state index is 12.4. The molecule has 1 aliphatic heterocycles. The first-order valence-electron chi connectivity index (χ1n) is 7.24. The molecule has 0 bridgehead atoms. The van der Waals surface area contributed by atoms with Gasteiger partial charge in [0.05, 0.1) is 10.0 Å². The summed E-state index contributed by atoms with van der Waals surface area (Å²) in [6.45, 7) is 0.148. The van der Waals surface area contributed by atoms with Gasteiger partial charge in [0.2, 0.25) is 0 Å². The first-order valence-corrected chi connectivity index (χ1v) is 8.00. The number of hydrogen-bond donors (Lipinski definition) is 0. The lowest BCUT2D eigenvalue weighted by molar-refractivity contribution is -0.124. The Morgan fingerprint density at radius 2 is 1.88 bits per heavy atom. The van der Waals surface area contributed by atoms with Gasteiger partial charge in [0.25, 0.3) is 5.91 Å². The SMILES string of the molecule is O=C(/C=C/c1ccc(Cl)c(Cl)c1)N1C(=O)OC[C@H]1c1ccccc1. The Balaban J connectivity index is 1.80. The summed E-state index contributed by atoms with van der Waals surface area (Å²) < 4.78 is 5.03. The van der Waals surface area contributed by atoms with Crippen LogP contribution in [0.2, 0.25) is 10.0 Å². The molecule has 1 aliphatic rings. The minimum absolute atomic E-state index is 0.148. The fraction of sp³-hybridized carbons (Fsp3) is 0.111. The van der Waals surface area contributed by atoms with Gasteiger partial charge in [0.1, 0.15) is 12.6 Å². The number of amides is 2. The third-order valence-corrected chi connectivity index (χ3v) is 4.40. The normalized spacial score (nSPS) is 17.3. The van der Waals surface area contributed by atoms with E-state index in [-0.39, 0.29) is 6.61 Å². The van der Waals surface area contributed by atoms with Crippen LogP contribution in [0.5, 0.6) is 0 Å². The minimum atomic E-state index is -0.646. The van der Waals surface area contributed by atoms with Crippen molar-refractivity contribution in [2.24, 2.45) is 0 Å². The Morgan fingerprint density at radius 3 is 2.58 bits per heavy atom. The van der Waals surface area contributed by atoms with Gasteiger partial charge in [-0.1, -0.05) is 59.6 Å². The molecule has 24 heavy (non-hydrogen) atoms. The fourth-order valence-corrected chi connectivity index (χ4v) is 2.76. The highest BCUT2D eigenvalue weighted by atomic mass is 35.5. The Hall–Kier alpha value is -2.30. The van der Waals surface area contributed by atoms with Gasteiger partial charge in [-0.05, 0) is 29.3 Å². The molecule has 1 saturated heterocycles. The molecule has 1 fully saturated rings. The van der Waals surface area contributed by atoms with Crippen molar-refractivity contribution in [3.05, 3.63) is 75.8 Å². The summed E-state index contributed by atoms with van der Waals surface area (Å²) in [5.41, 5.74) is 1.56. The van der Waals surface area contributed by atoms with E-state index in [0.717, 1.165) is 10.5 Å². The van der Waals surface area contributed by atoms with Crippen molar-refractivity contribution in [1.82, 2.24) is 4.90 Å². The molecule has 0 unspecified atom stereocenters. The summed E-state index contributed by atoms with van der Waals surface area (Å²) in [6.07, 6.45) is 2.26. The molecule has 3 rings (SSSR count). The van der Waals surface area contributed by atoms with Crippen LogP contribution in [0.15, 0.2) is 54.6 Å². The van der Waals surface area contributed by atoms with Gasteiger partial charge in [-0.3, -0.25) is 4.79 Å². The number of carbonyl (C=O) groups excluding carboxylic acids is 2. The summed E-state index contributed by atoms with van der Waals surface area (Å²) in [7, 11) is 0. The third kappa shape index (κ3) is 3.45. The second-order valence-electron chi connectivity index (χ2n) is 5.22. The van der Waals surface area contributed by atoms with E-state index in [4.69, 9.17) is 27.9 Å². The van der Waals surface area contributed by atoms with Crippen molar-refractivity contribution >= 4 is 41.3 Å². The quantitative estimate of drug-likeness (QED) is 0.742. The molecule has 1 atom stereocenters. The number of hydrogen-bond acceptors (Lipinski definition) is 3. The third-order valence-electron chi connectivity index (χ3n) is 3.66. The van der Waals surface area contributed by atoms with E-state index in [9.17, 15) is 9.59 Å². The second kappa shape index (κ2) is 7.07. The maximum atomic E-state index is 12.4. The average Bonchev–Trinajstić information content (AvgIpc) is 2.98. The molecule has 0 saturated carbocycles. The topological polar surface area (TPSA) is 46.6 Å². The minimum Gasteiger partial charge on any atom is -0.446 e. The zero-order valence-electron chi connectivity index (χ0n) is 12.5. The Labute approximate surface area is 149 Å². The highest BCUT2D eigenvalue weighted by Crippen LogP contribution is 2.28. The fourth-order valence-electron chi connectivity index (χ4n) is 2.45. The standard InChI is InChI=1S/C18H13Cl2NO3/c19-14-8-6-12(10-15(14)20)7-9-17(22)21-16(11-24-18(21)23)13-4-2-1-3-5-13/h1-10,16H,11H2/b9-7+/t16-/m0/s1. The van der Waals surface area contributed by atoms with Crippen LogP contribution in [0, 0.1) is 0 Å². The van der Waals surface area contributed by atoms with Crippen LogP contribution in [0.4, 0.5) is 4.79 Å². The van der Waals surface area contributed by atoms with E-state index in [0.29, 0.717) is 15.6 Å². The molecule has 0 radical (unpaired) electrons. The van der Waals surface area contributed by atoms with Gasteiger partial charge < -0.3 is 4.74 Å². The van der Waals surface area contributed by atoms with Gasteiger partial charge in [-0.2, -0.15) is 0 Å². The molecule has 0 aliphatic carbocycles. The van der Waals surface area contributed by atoms with Crippen LogP contribution in [0.3, 0.4) is 0 Å². The lowest BCUT2D eigenvalue weighted by Crippen LogP contribution is -2.32. The molecule has 4 nitrogen and oxygen atoms in total. The molecule has 2 amide bonds. The Bertz CT molecular complexity index is 805. The highest BCUT2D eigenvalue weighted by molar-refractivity contribution is 6.42. The monoisotopic (exact) mass is 361 g/mol. The van der Waals surface area contributed by atoms with E-state index in [1.807, 2.05) is 30.3 Å². The van der Waals surface area contributed by atoms with Gasteiger partial charge in [-0.25, -0.2) is 9.69 Å². The van der Waals surface area contributed by atoms with Crippen molar-refractivity contribution in [1.29, 1.82) is 0 Å². The van der Waals surface area contributed by atoms with Gasteiger partial charge in [-0.15, -0.1) is 0 Å². The average molecular weight is 362 g/mol. The molecule has 2 aromatic rings. The summed E-state index contributed by atoms with van der Waals surface area (Å²) >= 11 is 11.8. The lowest BCUT2D eigenvalue weighted by Gasteiger charge is -2.18. The van der Waals surface area contributed by atoms with Crippen molar-refractivity contribution in [2.75, 3.05) is 6.61 Å². The van der Waals surface area contributed by atoms with Gasteiger partial charge >= 0.3 is 6.09 Å². The maximum Gasteiger partial charge on any atom is 0.417 e. The number of cyclic esters (lactones) is 1. The first kappa shape index (κ1) is 16.6. The number of imide groups is 1. The lowest BCUT2D eigenvalue weighted by atomic mass is 10.1. The number of halogens is 2. The predicted molar refractivity (Wildman–Crippen MR) is 92.9 cm³/mol. The van der Waals surface area contributed by atoms with E-state index < -0.39 is 18.0 Å². The van der Waals surface area contributed by atoms with E-state index in [2.05, 4.69) is 0 Å². The molecule has 2 aromatic carbocycles. The number of carbonyl (C=O) groups is 2. The molecule has 122 valence electrons. The smallest absolute Gasteiger partial charge is 0.417 e. The summed E-state index contributed by atoms with van der Waals surface area (Å²) in [6, 6.07) is 13.9. The molecular formula is C18H13Cl2NO3. The summed E-state index contributed by atoms with van der Waals surface area (Å²) in [4.78, 5) is 25.5. The second-order valence-corrected chi connectivity index (χ2v) is 6.03. The van der Waals surface area contributed by atoms with Crippen LogP contribution in [-0.2, 0) is 9.53 Å². The van der Waals surface area contributed by atoms with Crippen LogP contribution < -0.4 is 0 Å².